The molecule has 2 aromatic carbocycles. The van der Waals surface area contributed by atoms with E-state index in [4.69, 9.17) is 20.9 Å². The van der Waals surface area contributed by atoms with E-state index >= 15 is 0 Å². The largest absolute Gasteiger partial charge is 0.497 e. The van der Waals surface area contributed by atoms with Gasteiger partial charge >= 0.3 is 6.03 Å². The minimum atomic E-state index is -0.455. The van der Waals surface area contributed by atoms with Crippen molar-refractivity contribution in [2.75, 3.05) is 13.7 Å². The van der Waals surface area contributed by atoms with Gasteiger partial charge in [0.2, 0.25) is 5.82 Å². The van der Waals surface area contributed by atoms with Crippen LogP contribution in [0.5, 0.6) is 5.75 Å². The first kappa shape index (κ1) is 21.9. The normalized spacial score (nSPS) is 16.3. The van der Waals surface area contributed by atoms with Gasteiger partial charge in [0.1, 0.15) is 5.75 Å². The van der Waals surface area contributed by atoms with Crippen LogP contribution in [0.15, 0.2) is 58.8 Å². The van der Waals surface area contributed by atoms with Crippen LogP contribution in [0.3, 0.4) is 0 Å². The lowest BCUT2D eigenvalue weighted by molar-refractivity contribution is 0.204. The number of benzene rings is 2. The maximum atomic E-state index is 13.0. The van der Waals surface area contributed by atoms with Crippen molar-refractivity contribution in [2.45, 2.75) is 32.7 Å². The van der Waals surface area contributed by atoms with Gasteiger partial charge in [0.05, 0.1) is 18.7 Å². The molecule has 0 saturated carbocycles. The number of nitrogens with zero attached hydrogens (tertiary/aromatic N) is 3. The Morgan fingerprint density at radius 2 is 2.03 bits per heavy atom. The van der Waals surface area contributed by atoms with Crippen LogP contribution in [-0.4, -0.2) is 34.7 Å². The third kappa shape index (κ3) is 4.34. The molecule has 2 amide bonds. The Labute approximate surface area is 192 Å². The highest BCUT2D eigenvalue weighted by molar-refractivity contribution is 6.30. The topological polar surface area (TPSA) is 80.5 Å². The van der Waals surface area contributed by atoms with Crippen molar-refractivity contribution in [3.05, 3.63) is 70.7 Å². The number of nitrogens with one attached hydrogen (secondary N) is 1. The van der Waals surface area contributed by atoms with Gasteiger partial charge in [-0.1, -0.05) is 54.4 Å². The molecule has 166 valence electrons. The molecular formula is C24H25ClN4O3. The second kappa shape index (κ2) is 9.44. The fraction of sp³-hybridized carbons (Fsp3) is 0.292. The van der Waals surface area contributed by atoms with Crippen molar-refractivity contribution in [1.82, 2.24) is 20.4 Å². The number of carbonyl (C=O) groups excluding carboxylic acids is 1. The van der Waals surface area contributed by atoms with E-state index < -0.39 is 6.04 Å². The smallest absolute Gasteiger partial charge is 0.322 e. The summed E-state index contributed by atoms with van der Waals surface area (Å²) in [5, 5.41) is 7.87. The number of amides is 2. The maximum absolute atomic E-state index is 13.0. The summed E-state index contributed by atoms with van der Waals surface area (Å²) in [5.74, 6) is 1.49. The Morgan fingerprint density at radius 1 is 1.22 bits per heavy atom. The van der Waals surface area contributed by atoms with Crippen LogP contribution in [0.1, 0.15) is 44.2 Å². The van der Waals surface area contributed by atoms with E-state index in [9.17, 15) is 4.79 Å². The summed E-state index contributed by atoms with van der Waals surface area (Å²) < 4.78 is 11.1. The van der Waals surface area contributed by atoms with Gasteiger partial charge in [-0.2, -0.15) is 4.98 Å². The first-order valence-electron chi connectivity index (χ1n) is 10.5. The molecule has 3 aromatic rings. The molecule has 1 aliphatic rings. The lowest BCUT2D eigenvalue weighted by Gasteiger charge is -2.35. The van der Waals surface area contributed by atoms with Gasteiger partial charge in [0, 0.05) is 22.8 Å². The average molecular weight is 453 g/mol. The number of hydrogen-bond acceptors (Lipinski definition) is 5. The van der Waals surface area contributed by atoms with Gasteiger partial charge < -0.3 is 14.6 Å². The number of hydrogen-bond donors (Lipinski definition) is 1. The first-order valence-corrected chi connectivity index (χ1v) is 10.9. The van der Waals surface area contributed by atoms with Crippen LogP contribution >= 0.6 is 11.6 Å². The fourth-order valence-corrected chi connectivity index (χ4v) is 3.98. The van der Waals surface area contributed by atoms with E-state index in [2.05, 4.69) is 22.4 Å². The monoisotopic (exact) mass is 452 g/mol. The van der Waals surface area contributed by atoms with Gasteiger partial charge in [-0.25, -0.2) is 4.79 Å². The van der Waals surface area contributed by atoms with E-state index in [1.54, 1.807) is 24.1 Å². The molecule has 0 aliphatic carbocycles. The van der Waals surface area contributed by atoms with Crippen molar-refractivity contribution in [3.8, 4) is 17.1 Å². The van der Waals surface area contributed by atoms with E-state index in [-0.39, 0.29) is 6.03 Å². The van der Waals surface area contributed by atoms with Crippen molar-refractivity contribution < 1.29 is 14.1 Å². The zero-order valence-corrected chi connectivity index (χ0v) is 19.0. The minimum Gasteiger partial charge on any atom is -0.497 e. The second-order valence-corrected chi connectivity index (χ2v) is 8.03. The number of rotatable bonds is 7. The predicted octanol–water partition coefficient (Wildman–Crippen LogP) is 5.70. The van der Waals surface area contributed by atoms with Crippen LogP contribution in [0.2, 0.25) is 5.02 Å². The molecular weight excluding hydrogens is 428 g/mol. The highest BCUT2D eigenvalue weighted by Gasteiger charge is 2.35. The standard InChI is InChI=1S/C24H25ClN4O3/c1-4-5-12-29-15(2)20(21(26-24(29)30)16-8-7-11-19(14-16)31-3)23-27-22(28-32-23)17-9-6-10-18(25)13-17/h6-11,13-14,21H,4-5,12H2,1-3H3,(H,26,30). The molecule has 2 heterocycles. The third-order valence-corrected chi connectivity index (χ3v) is 5.73. The summed E-state index contributed by atoms with van der Waals surface area (Å²) in [6, 6.07) is 14.3. The molecule has 1 unspecified atom stereocenters. The molecule has 1 aliphatic heterocycles. The van der Waals surface area contributed by atoms with Crippen molar-refractivity contribution in [2.24, 2.45) is 0 Å². The highest BCUT2D eigenvalue weighted by Crippen LogP contribution is 2.38. The first-order chi connectivity index (χ1) is 15.5. The molecule has 0 saturated heterocycles. The zero-order valence-electron chi connectivity index (χ0n) is 18.3. The molecule has 0 bridgehead atoms. The Hall–Kier alpha value is -3.32. The number of allylic oxidation sites excluding steroid dienone is 1. The summed E-state index contributed by atoms with van der Waals surface area (Å²) >= 11 is 6.13. The Morgan fingerprint density at radius 3 is 2.78 bits per heavy atom. The summed E-state index contributed by atoms with van der Waals surface area (Å²) in [5.41, 5.74) is 3.17. The number of urea groups is 1. The molecule has 0 radical (unpaired) electrons. The Bertz CT molecular complexity index is 1160. The van der Waals surface area contributed by atoms with Crippen LogP contribution < -0.4 is 10.1 Å². The Kier molecular flexibility index (Phi) is 6.46. The fourth-order valence-electron chi connectivity index (χ4n) is 3.79. The quantitative estimate of drug-likeness (QED) is 0.497. The van der Waals surface area contributed by atoms with Crippen LogP contribution in [0, 0.1) is 0 Å². The number of methoxy groups -OCH3 is 1. The maximum Gasteiger partial charge on any atom is 0.322 e. The molecule has 4 rings (SSSR count). The molecule has 1 aromatic heterocycles. The van der Waals surface area contributed by atoms with Crippen LogP contribution in [-0.2, 0) is 0 Å². The predicted molar refractivity (Wildman–Crippen MR) is 123 cm³/mol. The number of aromatic nitrogens is 2. The highest BCUT2D eigenvalue weighted by atomic mass is 35.5. The minimum absolute atomic E-state index is 0.151. The van der Waals surface area contributed by atoms with E-state index in [0.29, 0.717) is 29.0 Å². The summed E-state index contributed by atoms with van der Waals surface area (Å²) in [4.78, 5) is 19.3. The second-order valence-electron chi connectivity index (χ2n) is 7.60. The lowest BCUT2D eigenvalue weighted by Crippen LogP contribution is -2.46. The average Bonchev–Trinajstić information content (AvgIpc) is 3.28. The van der Waals surface area contributed by atoms with E-state index in [1.165, 1.54) is 0 Å². The van der Waals surface area contributed by atoms with Gasteiger partial charge in [0.25, 0.3) is 5.89 Å². The van der Waals surface area contributed by atoms with Gasteiger partial charge in [-0.3, -0.25) is 4.90 Å². The number of unbranched alkanes of at least 4 members (excludes halogenated alkanes) is 1. The summed E-state index contributed by atoms with van der Waals surface area (Å²) in [6.07, 6.45) is 1.87. The molecule has 0 spiro atoms. The number of halogens is 1. The van der Waals surface area contributed by atoms with Crippen molar-refractivity contribution in [3.63, 3.8) is 0 Å². The van der Waals surface area contributed by atoms with E-state index in [1.807, 2.05) is 43.3 Å². The van der Waals surface area contributed by atoms with Gasteiger partial charge in [-0.05, 0) is 43.2 Å². The molecule has 1 N–H and O–H groups in total. The third-order valence-electron chi connectivity index (χ3n) is 5.50. The SMILES string of the molecule is CCCCN1C(=O)NC(c2cccc(OC)c2)C(c2nc(-c3cccc(Cl)c3)no2)=C1C. The van der Waals surface area contributed by atoms with Crippen LogP contribution in [0.4, 0.5) is 4.79 Å². The molecule has 0 fully saturated rings. The molecule has 8 heteroatoms. The van der Waals surface area contributed by atoms with Crippen molar-refractivity contribution >= 4 is 23.2 Å². The Balaban J connectivity index is 1.81. The van der Waals surface area contributed by atoms with Gasteiger partial charge in [0.15, 0.2) is 0 Å². The van der Waals surface area contributed by atoms with E-state index in [0.717, 1.165) is 35.2 Å². The van der Waals surface area contributed by atoms with Crippen molar-refractivity contribution in [1.29, 1.82) is 0 Å². The van der Waals surface area contributed by atoms with Crippen LogP contribution in [0.25, 0.3) is 17.0 Å². The summed E-state index contributed by atoms with van der Waals surface area (Å²) in [6.45, 7) is 4.62. The van der Waals surface area contributed by atoms with Gasteiger partial charge in [-0.15, -0.1) is 0 Å². The molecule has 32 heavy (non-hydrogen) atoms. The molecule has 7 nitrogen and oxygen atoms in total. The molecule has 1 atom stereocenters. The summed E-state index contributed by atoms with van der Waals surface area (Å²) in [7, 11) is 1.61. The zero-order chi connectivity index (χ0) is 22.7. The lowest BCUT2D eigenvalue weighted by atomic mass is 9.94. The number of ether oxygens (including phenoxy) is 1. The number of carbonyl (C=O) groups is 1.